The fourth-order valence-electron chi connectivity index (χ4n) is 1.15. The normalized spacial score (nSPS) is 11.1. The van der Waals surface area contributed by atoms with E-state index in [-0.39, 0.29) is 0 Å². The van der Waals surface area contributed by atoms with Crippen molar-refractivity contribution in [1.29, 1.82) is 0 Å². The monoisotopic (exact) mass is 209 g/mol. The Morgan fingerprint density at radius 3 is 2.27 bits per heavy atom. The second kappa shape index (κ2) is 15.6. The molecule has 0 fully saturated rings. The summed E-state index contributed by atoms with van der Waals surface area (Å²) in [6.45, 7) is 10.9. The average Bonchev–Trinajstić information content (AvgIpc) is 2.27. The fourth-order valence-corrected chi connectivity index (χ4v) is 1.15. The van der Waals surface area contributed by atoms with Crippen LogP contribution in [0.4, 0.5) is 0 Å². The predicted molar refractivity (Wildman–Crippen MR) is 72.2 cm³/mol. The van der Waals surface area contributed by atoms with Gasteiger partial charge < -0.3 is 5.32 Å². The molecule has 0 unspecified atom stereocenters. The van der Waals surface area contributed by atoms with E-state index in [1.807, 2.05) is 26.1 Å². The van der Waals surface area contributed by atoms with Crippen LogP contribution in [-0.4, -0.2) is 13.6 Å². The van der Waals surface area contributed by atoms with Gasteiger partial charge in [-0.15, -0.1) is 0 Å². The highest BCUT2D eigenvalue weighted by atomic mass is 14.8. The second-order valence-corrected chi connectivity index (χ2v) is 3.27. The van der Waals surface area contributed by atoms with Crippen molar-refractivity contribution < 1.29 is 0 Å². The molecule has 0 rings (SSSR count). The van der Waals surface area contributed by atoms with E-state index in [0.717, 1.165) is 6.54 Å². The molecule has 0 aliphatic heterocycles. The summed E-state index contributed by atoms with van der Waals surface area (Å²) in [6.07, 6.45) is 11.5. The van der Waals surface area contributed by atoms with E-state index in [1.54, 1.807) is 11.6 Å². The number of nitrogens with one attached hydrogen (secondary N) is 1. The molecular formula is C14H27N. The smallest absolute Gasteiger partial charge is 0.00489 e. The molecule has 88 valence electrons. The molecule has 1 N–H and O–H groups in total. The van der Waals surface area contributed by atoms with Gasteiger partial charge in [-0.05, 0) is 46.7 Å². The molecule has 0 atom stereocenters. The van der Waals surface area contributed by atoms with Crippen molar-refractivity contribution in [2.45, 2.75) is 40.0 Å². The van der Waals surface area contributed by atoms with E-state index in [2.05, 4.69) is 31.8 Å². The molecule has 0 saturated heterocycles. The molecule has 0 radical (unpaired) electrons. The van der Waals surface area contributed by atoms with Crippen LogP contribution in [0.1, 0.15) is 40.0 Å². The molecule has 0 aromatic carbocycles. The Labute approximate surface area is 96.0 Å². The Morgan fingerprint density at radius 1 is 1.33 bits per heavy atom. The fraction of sp³-hybridized carbons (Fsp3) is 0.571. The van der Waals surface area contributed by atoms with Crippen LogP contribution < -0.4 is 5.32 Å². The van der Waals surface area contributed by atoms with Gasteiger partial charge in [0.05, 0.1) is 0 Å². The number of rotatable bonds is 6. The number of hydrogen-bond acceptors (Lipinski definition) is 1. The van der Waals surface area contributed by atoms with Crippen molar-refractivity contribution in [3.05, 3.63) is 36.5 Å². The first-order valence-electron chi connectivity index (χ1n) is 5.79. The molecule has 0 aromatic rings. The van der Waals surface area contributed by atoms with Crippen LogP contribution >= 0.6 is 0 Å². The van der Waals surface area contributed by atoms with E-state index >= 15 is 0 Å². The van der Waals surface area contributed by atoms with Gasteiger partial charge >= 0.3 is 0 Å². The number of allylic oxidation sites excluding steroid dienone is 5. The Morgan fingerprint density at radius 2 is 2.00 bits per heavy atom. The number of hydrogen-bond donors (Lipinski definition) is 1. The first-order chi connectivity index (χ1) is 7.26. The molecule has 0 spiro atoms. The van der Waals surface area contributed by atoms with E-state index in [4.69, 9.17) is 0 Å². The minimum Gasteiger partial charge on any atom is -0.320 e. The summed E-state index contributed by atoms with van der Waals surface area (Å²) < 4.78 is 0. The third-order valence-corrected chi connectivity index (χ3v) is 2.12. The van der Waals surface area contributed by atoms with Crippen molar-refractivity contribution >= 4 is 0 Å². The Balaban J connectivity index is 0. The maximum atomic E-state index is 3.46. The van der Waals surface area contributed by atoms with Crippen molar-refractivity contribution in [1.82, 2.24) is 5.32 Å². The van der Waals surface area contributed by atoms with Crippen molar-refractivity contribution in [3.63, 3.8) is 0 Å². The summed E-state index contributed by atoms with van der Waals surface area (Å²) in [7, 11) is 2.00. The zero-order chi connectivity index (χ0) is 11.9. The molecule has 1 heteroatoms. The van der Waals surface area contributed by atoms with Crippen LogP contribution in [0.5, 0.6) is 0 Å². The van der Waals surface area contributed by atoms with Crippen LogP contribution in [0.25, 0.3) is 0 Å². The Bertz CT molecular complexity index is 178. The zero-order valence-corrected chi connectivity index (χ0v) is 10.8. The van der Waals surface area contributed by atoms with Gasteiger partial charge in [-0.3, -0.25) is 0 Å². The molecule has 0 aliphatic carbocycles. The van der Waals surface area contributed by atoms with Crippen LogP contribution in [0.15, 0.2) is 36.5 Å². The van der Waals surface area contributed by atoms with Crippen LogP contribution in [0, 0.1) is 0 Å². The standard InChI is InChI=1S/C9H19N.C5H8/c1-4-9(5-2)7-6-8-10-3;1-3-5-4-2/h4,10H,5-8H2,1-3H3;3-5H,1H2,2H3/b9-4-;5-4-. The minimum absolute atomic E-state index is 1.14. The van der Waals surface area contributed by atoms with Gasteiger partial charge in [-0.25, -0.2) is 0 Å². The van der Waals surface area contributed by atoms with Crippen molar-refractivity contribution in [3.8, 4) is 0 Å². The van der Waals surface area contributed by atoms with E-state index in [9.17, 15) is 0 Å². The van der Waals surface area contributed by atoms with Gasteiger partial charge in [0, 0.05) is 0 Å². The lowest BCUT2D eigenvalue weighted by atomic mass is 10.1. The van der Waals surface area contributed by atoms with E-state index < -0.39 is 0 Å². The summed E-state index contributed by atoms with van der Waals surface area (Å²) in [5, 5.41) is 3.14. The van der Waals surface area contributed by atoms with Crippen molar-refractivity contribution in [2.24, 2.45) is 0 Å². The Hall–Kier alpha value is -0.820. The van der Waals surface area contributed by atoms with E-state index in [1.165, 1.54) is 19.3 Å². The largest absolute Gasteiger partial charge is 0.320 e. The van der Waals surface area contributed by atoms with Gasteiger partial charge in [0.15, 0.2) is 0 Å². The second-order valence-electron chi connectivity index (χ2n) is 3.27. The molecule has 0 heterocycles. The highest BCUT2D eigenvalue weighted by molar-refractivity contribution is 4.98. The molecule has 1 nitrogen and oxygen atoms in total. The van der Waals surface area contributed by atoms with Gasteiger partial charge in [-0.1, -0.05) is 43.4 Å². The topological polar surface area (TPSA) is 12.0 Å². The molecule has 0 amide bonds. The third kappa shape index (κ3) is 15.9. The highest BCUT2D eigenvalue weighted by Crippen LogP contribution is 2.07. The van der Waals surface area contributed by atoms with Gasteiger partial charge in [0.25, 0.3) is 0 Å². The van der Waals surface area contributed by atoms with Crippen LogP contribution in [-0.2, 0) is 0 Å². The molecule has 0 aromatic heterocycles. The maximum Gasteiger partial charge on any atom is -0.00489 e. The van der Waals surface area contributed by atoms with Gasteiger partial charge in [0.2, 0.25) is 0 Å². The lowest BCUT2D eigenvalue weighted by Crippen LogP contribution is -2.07. The average molecular weight is 209 g/mol. The summed E-state index contributed by atoms with van der Waals surface area (Å²) in [5.41, 5.74) is 1.58. The van der Waals surface area contributed by atoms with Gasteiger partial charge in [-0.2, -0.15) is 0 Å². The van der Waals surface area contributed by atoms with Gasteiger partial charge in [0.1, 0.15) is 0 Å². The summed E-state index contributed by atoms with van der Waals surface area (Å²) in [6, 6.07) is 0. The molecule has 15 heavy (non-hydrogen) atoms. The highest BCUT2D eigenvalue weighted by Gasteiger charge is 1.90. The Kier molecular flexibility index (Phi) is 17.3. The summed E-state index contributed by atoms with van der Waals surface area (Å²) >= 11 is 0. The molecule has 0 aliphatic rings. The summed E-state index contributed by atoms with van der Waals surface area (Å²) in [4.78, 5) is 0. The molecule has 0 saturated carbocycles. The first-order valence-corrected chi connectivity index (χ1v) is 5.79. The summed E-state index contributed by atoms with van der Waals surface area (Å²) in [5.74, 6) is 0. The van der Waals surface area contributed by atoms with E-state index in [0.29, 0.717) is 0 Å². The zero-order valence-electron chi connectivity index (χ0n) is 10.8. The lowest BCUT2D eigenvalue weighted by molar-refractivity contribution is 0.710. The minimum atomic E-state index is 1.14. The third-order valence-electron chi connectivity index (χ3n) is 2.12. The first kappa shape index (κ1) is 16.6. The van der Waals surface area contributed by atoms with Crippen LogP contribution in [0.2, 0.25) is 0 Å². The lowest BCUT2D eigenvalue weighted by Gasteiger charge is -2.02. The molecule has 0 bridgehead atoms. The maximum absolute atomic E-state index is 3.46. The quantitative estimate of drug-likeness (QED) is 0.395. The van der Waals surface area contributed by atoms with Crippen molar-refractivity contribution in [2.75, 3.05) is 13.6 Å². The predicted octanol–water partition coefficient (Wildman–Crippen LogP) is 4.09. The molecular weight excluding hydrogens is 182 g/mol. The van der Waals surface area contributed by atoms with Crippen LogP contribution in [0.3, 0.4) is 0 Å². The SMILES string of the molecule is C/C=C(/CC)CCCNC.C=C/C=C\C.